The second-order valence-corrected chi connectivity index (χ2v) is 6.71. The molecule has 2 rings (SSSR count). The van der Waals surface area contributed by atoms with Gasteiger partial charge in [0.15, 0.2) is 0 Å². The molecule has 0 spiro atoms. The highest BCUT2D eigenvalue weighted by atomic mass is 16.4. The van der Waals surface area contributed by atoms with Gasteiger partial charge in [0.1, 0.15) is 0 Å². The van der Waals surface area contributed by atoms with Crippen LogP contribution in [0.25, 0.3) is 0 Å². The molecule has 1 aliphatic heterocycles. The summed E-state index contributed by atoms with van der Waals surface area (Å²) in [5.41, 5.74) is -0.704. The van der Waals surface area contributed by atoms with Gasteiger partial charge in [-0.1, -0.05) is 26.7 Å². The fourth-order valence-electron chi connectivity index (χ4n) is 4.03. The topological polar surface area (TPSA) is 57.6 Å². The van der Waals surface area contributed by atoms with Crippen molar-refractivity contribution < 1.29 is 14.7 Å². The molecule has 0 bridgehead atoms. The third-order valence-electron chi connectivity index (χ3n) is 5.25. The van der Waals surface area contributed by atoms with E-state index in [4.69, 9.17) is 0 Å². The minimum Gasteiger partial charge on any atom is -0.481 e. The first kappa shape index (κ1) is 15.3. The monoisotopic (exact) mass is 281 g/mol. The lowest BCUT2D eigenvalue weighted by molar-refractivity contribution is -0.156. The molecule has 1 saturated heterocycles. The summed E-state index contributed by atoms with van der Waals surface area (Å²) in [6.07, 6.45) is 6.29. The normalized spacial score (nSPS) is 34.2. The van der Waals surface area contributed by atoms with Crippen molar-refractivity contribution in [3.05, 3.63) is 0 Å². The van der Waals surface area contributed by atoms with Gasteiger partial charge in [0.2, 0.25) is 5.91 Å². The second kappa shape index (κ2) is 6.15. The van der Waals surface area contributed by atoms with Crippen LogP contribution in [-0.4, -0.2) is 35.0 Å². The van der Waals surface area contributed by atoms with Gasteiger partial charge in [-0.05, 0) is 38.0 Å². The molecule has 1 heterocycles. The highest BCUT2D eigenvalue weighted by Crippen LogP contribution is 2.38. The molecule has 1 N–H and O–H groups in total. The van der Waals surface area contributed by atoms with E-state index in [9.17, 15) is 14.7 Å². The van der Waals surface area contributed by atoms with Gasteiger partial charge in [-0.15, -0.1) is 0 Å². The average molecular weight is 281 g/mol. The van der Waals surface area contributed by atoms with Crippen LogP contribution < -0.4 is 0 Å². The molecule has 1 amide bonds. The van der Waals surface area contributed by atoms with Crippen molar-refractivity contribution in [2.45, 2.75) is 58.8 Å². The summed E-state index contributed by atoms with van der Waals surface area (Å²) in [5, 5.41) is 9.60. The van der Waals surface area contributed by atoms with E-state index in [1.54, 1.807) is 0 Å². The number of hydrogen-bond donors (Lipinski definition) is 1. The average Bonchev–Trinajstić information content (AvgIpc) is 2.84. The van der Waals surface area contributed by atoms with Gasteiger partial charge < -0.3 is 10.0 Å². The van der Waals surface area contributed by atoms with Gasteiger partial charge in [-0.25, -0.2) is 0 Å². The SMILES string of the molecule is CCCC1(C(=O)O)CCCN(C(=O)C2CCCC2C)C1. The molecular weight excluding hydrogens is 254 g/mol. The van der Waals surface area contributed by atoms with Crippen LogP contribution in [0.2, 0.25) is 0 Å². The largest absolute Gasteiger partial charge is 0.481 e. The van der Waals surface area contributed by atoms with Gasteiger partial charge in [0, 0.05) is 19.0 Å². The summed E-state index contributed by atoms with van der Waals surface area (Å²) < 4.78 is 0. The summed E-state index contributed by atoms with van der Waals surface area (Å²) in [7, 11) is 0. The lowest BCUT2D eigenvalue weighted by atomic mass is 9.76. The summed E-state index contributed by atoms with van der Waals surface area (Å²) >= 11 is 0. The number of carboxylic acids is 1. The van der Waals surface area contributed by atoms with Gasteiger partial charge >= 0.3 is 5.97 Å². The Bertz CT molecular complexity index is 378. The summed E-state index contributed by atoms with van der Waals surface area (Å²) in [4.78, 5) is 26.2. The summed E-state index contributed by atoms with van der Waals surface area (Å²) in [6, 6.07) is 0. The molecule has 3 atom stereocenters. The minimum atomic E-state index is -0.726. The standard InChI is InChI=1S/C16H27NO3/c1-3-8-16(15(19)20)9-5-10-17(11-16)14(18)13-7-4-6-12(13)2/h12-13H,3-11H2,1-2H3,(H,19,20). The minimum absolute atomic E-state index is 0.126. The molecule has 2 aliphatic rings. The van der Waals surface area contributed by atoms with Crippen LogP contribution >= 0.6 is 0 Å². The van der Waals surface area contributed by atoms with Gasteiger partial charge in [0.05, 0.1) is 5.41 Å². The zero-order chi connectivity index (χ0) is 14.8. The molecule has 114 valence electrons. The molecule has 20 heavy (non-hydrogen) atoms. The van der Waals surface area contributed by atoms with Crippen LogP contribution in [0.4, 0.5) is 0 Å². The van der Waals surface area contributed by atoms with E-state index in [1.807, 2.05) is 11.8 Å². The maximum Gasteiger partial charge on any atom is 0.311 e. The lowest BCUT2D eigenvalue weighted by Crippen LogP contribution is -2.51. The number of carbonyl (C=O) groups excluding carboxylic acids is 1. The van der Waals surface area contributed by atoms with Crippen molar-refractivity contribution in [1.82, 2.24) is 4.90 Å². The fourth-order valence-corrected chi connectivity index (χ4v) is 4.03. The quantitative estimate of drug-likeness (QED) is 0.862. The predicted octanol–water partition coefficient (Wildman–Crippen LogP) is 2.92. The van der Waals surface area contributed by atoms with Gasteiger partial charge in [-0.2, -0.15) is 0 Å². The Kier molecular flexibility index (Phi) is 4.71. The first-order valence-electron chi connectivity index (χ1n) is 8.02. The van der Waals surface area contributed by atoms with E-state index in [2.05, 4.69) is 6.92 Å². The number of nitrogens with zero attached hydrogens (tertiary/aromatic N) is 1. The van der Waals surface area contributed by atoms with Crippen LogP contribution in [0.1, 0.15) is 58.8 Å². The smallest absolute Gasteiger partial charge is 0.311 e. The van der Waals surface area contributed by atoms with Gasteiger partial charge in [-0.3, -0.25) is 9.59 Å². The van der Waals surface area contributed by atoms with E-state index >= 15 is 0 Å². The van der Waals surface area contributed by atoms with E-state index in [0.29, 0.717) is 25.3 Å². The third-order valence-corrected chi connectivity index (χ3v) is 5.25. The molecule has 1 saturated carbocycles. The molecule has 2 fully saturated rings. The van der Waals surface area contributed by atoms with E-state index in [-0.39, 0.29) is 11.8 Å². The van der Waals surface area contributed by atoms with Crippen molar-refractivity contribution in [3.8, 4) is 0 Å². The Balaban J connectivity index is 2.09. The number of likely N-dealkylation sites (tertiary alicyclic amines) is 1. The number of hydrogen-bond acceptors (Lipinski definition) is 2. The van der Waals surface area contributed by atoms with Crippen LogP contribution in [0.5, 0.6) is 0 Å². The first-order chi connectivity index (χ1) is 9.50. The fraction of sp³-hybridized carbons (Fsp3) is 0.875. The number of carboxylic acid groups (broad SMARTS) is 1. The Morgan fingerprint density at radius 3 is 2.60 bits per heavy atom. The Morgan fingerprint density at radius 2 is 2.05 bits per heavy atom. The highest BCUT2D eigenvalue weighted by molar-refractivity contribution is 5.81. The van der Waals surface area contributed by atoms with Gasteiger partial charge in [0.25, 0.3) is 0 Å². The summed E-state index contributed by atoms with van der Waals surface area (Å²) in [5.74, 6) is 0.0591. The number of carbonyl (C=O) groups is 2. The number of aliphatic carboxylic acids is 1. The lowest BCUT2D eigenvalue weighted by Gasteiger charge is -2.41. The Morgan fingerprint density at radius 1 is 1.30 bits per heavy atom. The molecule has 1 aliphatic carbocycles. The predicted molar refractivity (Wildman–Crippen MR) is 77.3 cm³/mol. The number of rotatable bonds is 4. The Hall–Kier alpha value is -1.06. The molecule has 0 aromatic carbocycles. The molecular formula is C16H27NO3. The highest BCUT2D eigenvalue weighted by Gasteiger charge is 2.44. The number of amides is 1. The van der Waals surface area contributed by atoms with E-state index in [0.717, 1.165) is 38.6 Å². The van der Waals surface area contributed by atoms with E-state index < -0.39 is 11.4 Å². The zero-order valence-corrected chi connectivity index (χ0v) is 12.7. The maximum absolute atomic E-state index is 12.7. The zero-order valence-electron chi connectivity index (χ0n) is 12.7. The summed E-state index contributed by atoms with van der Waals surface area (Å²) in [6.45, 7) is 5.32. The van der Waals surface area contributed by atoms with Crippen LogP contribution in [-0.2, 0) is 9.59 Å². The van der Waals surface area contributed by atoms with Crippen molar-refractivity contribution in [1.29, 1.82) is 0 Å². The molecule has 0 aromatic heterocycles. The van der Waals surface area contributed by atoms with Crippen LogP contribution in [0.15, 0.2) is 0 Å². The van der Waals surface area contributed by atoms with Crippen molar-refractivity contribution >= 4 is 11.9 Å². The second-order valence-electron chi connectivity index (χ2n) is 6.71. The third kappa shape index (κ3) is 2.84. The van der Waals surface area contributed by atoms with Crippen molar-refractivity contribution in [2.24, 2.45) is 17.3 Å². The maximum atomic E-state index is 12.7. The molecule has 0 radical (unpaired) electrons. The van der Waals surface area contributed by atoms with Crippen molar-refractivity contribution in [3.63, 3.8) is 0 Å². The molecule has 3 unspecified atom stereocenters. The van der Waals surface area contributed by atoms with Crippen molar-refractivity contribution in [2.75, 3.05) is 13.1 Å². The Labute approximate surface area is 121 Å². The van der Waals surface area contributed by atoms with Crippen LogP contribution in [0, 0.1) is 17.3 Å². The first-order valence-corrected chi connectivity index (χ1v) is 8.02. The van der Waals surface area contributed by atoms with Crippen LogP contribution in [0.3, 0.4) is 0 Å². The van der Waals surface area contributed by atoms with E-state index in [1.165, 1.54) is 0 Å². The molecule has 4 nitrogen and oxygen atoms in total. The molecule has 4 heteroatoms. The number of piperidine rings is 1. The molecule has 0 aromatic rings.